The number of aryl methyl sites for hydroxylation is 1. The molecule has 0 amide bonds. The first-order chi connectivity index (χ1) is 7.22. The summed E-state index contributed by atoms with van der Waals surface area (Å²) in [7, 11) is 1.63. The molecule has 0 bridgehead atoms. The lowest BCUT2D eigenvalue weighted by Crippen LogP contribution is -2.03. The summed E-state index contributed by atoms with van der Waals surface area (Å²) in [5.41, 5.74) is 7.41. The number of aromatic nitrogens is 4. The topological polar surface area (TPSA) is 78.8 Å². The van der Waals surface area contributed by atoms with Crippen molar-refractivity contribution in [2.75, 3.05) is 12.8 Å². The van der Waals surface area contributed by atoms with Crippen LogP contribution in [0.3, 0.4) is 0 Å². The molecule has 0 saturated heterocycles. The Bertz CT molecular complexity index is 479. The van der Waals surface area contributed by atoms with E-state index in [0.29, 0.717) is 0 Å². The molecule has 0 radical (unpaired) electrons. The van der Waals surface area contributed by atoms with E-state index in [1.54, 1.807) is 7.11 Å². The molecule has 1 aromatic heterocycles. The normalized spacial score (nSPS) is 10.3. The number of benzene rings is 1. The van der Waals surface area contributed by atoms with Gasteiger partial charge in [0.1, 0.15) is 5.75 Å². The van der Waals surface area contributed by atoms with Gasteiger partial charge < -0.3 is 10.5 Å². The number of rotatable bonds is 2. The molecule has 78 valence electrons. The van der Waals surface area contributed by atoms with Crippen LogP contribution in [0.25, 0.3) is 5.69 Å². The number of nitrogens with two attached hydrogens (primary N) is 1. The molecule has 0 spiro atoms. The van der Waals surface area contributed by atoms with Gasteiger partial charge in [0.2, 0.25) is 5.95 Å². The Hall–Kier alpha value is -2.11. The first-order valence-corrected chi connectivity index (χ1v) is 4.41. The van der Waals surface area contributed by atoms with Crippen LogP contribution in [0, 0.1) is 6.92 Å². The average molecular weight is 205 g/mol. The van der Waals surface area contributed by atoms with Crippen molar-refractivity contribution in [1.29, 1.82) is 0 Å². The SMILES string of the molecule is COc1ccc(-n2nnnc2N)cc1C. The number of nitrogen functional groups attached to an aromatic ring is 1. The lowest BCUT2D eigenvalue weighted by atomic mass is 10.2. The zero-order chi connectivity index (χ0) is 10.8. The van der Waals surface area contributed by atoms with Crippen molar-refractivity contribution < 1.29 is 4.74 Å². The maximum absolute atomic E-state index is 5.59. The molecule has 2 N–H and O–H groups in total. The maximum Gasteiger partial charge on any atom is 0.245 e. The Morgan fingerprint density at radius 3 is 2.73 bits per heavy atom. The van der Waals surface area contributed by atoms with Crippen molar-refractivity contribution in [3.05, 3.63) is 23.8 Å². The van der Waals surface area contributed by atoms with E-state index in [4.69, 9.17) is 10.5 Å². The third kappa shape index (κ3) is 1.61. The summed E-state index contributed by atoms with van der Waals surface area (Å²) >= 11 is 0. The molecule has 0 unspecified atom stereocenters. The standard InChI is InChI=1S/C9H11N5O/c1-6-5-7(3-4-8(6)15-2)14-9(10)11-12-13-14/h3-5H,1-2H3,(H2,10,11,13). The van der Waals surface area contributed by atoms with E-state index in [0.717, 1.165) is 17.0 Å². The Morgan fingerprint density at radius 2 is 2.20 bits per heavy atom. The third-order valence-corrected chi connectivity index (χ3v) is 2.12. The van der Waals surface area contributed by atoms with Crippen LogP contribution < -0.4 is 10.5 Å². The van der Waals surface area contributed by atoms with Gasteiger partial charge in [-0.2, -0.15) is 4.68 Å². The van der Waals surface area contributed by atoms with E-state index < -0.39 is 0 Å². The average Bonchev–Trinajstić information content (AvgIpc) is 2.64. The van der Waals surface area contributed by atoms with Gasteiger partial charge in [-0.05, 0) is 41.1 Å². The third-order valence-electron chi connectivity index (χ3n) is 2.12. The highest BCUT2D eigenvalue weighted by Crippen LogP contribution is 2.20. The largest absolute Gasteiger partial charge is 0.496 e. The number of hydrogen-bond acceptors (Lipinski definition) is 5. The van der Waals surface area contributed by atoms with Gasteiger partial charge in [-0.15, -0.1) is 0 Å². The molecule has 0 aliphatic rings. The summed E-state index contributed by atoms with van der Waals surface area (Å²) in [6.07, 6.45) is 0. The Labute approximate surface area is 86.7 Å². The number of ether oxygens (including phenoxy) is 1. The summed E-state index contributed by atoms with van der Waals surface area (Å²) in [4.78, 5) is 0. The Morgan fingerprint density at radius 1 is 1.40 bits per heavy atom. The predicted octanol–water partition coefficient (Wildman–Crippen LogP) is 0.562. The van der Waals surface area contributed by atoms with Crippen LogP contribution in [0.5, 0.6) is 5.75 Å². The maximum atomic E-state index is 5.59. The van der Waals surface area contributed by atoms with Gasteiger partial charge in [-0.3, -0.25) is 0 Å². The van der Waals surface area contributed by atoms with Crippen molar-refractivity contribution >= 4 is 5.95 Å². The van der Waals surface area contributed by atoms with Crippen LogP contribution in [-0.2, 0) is 0 Å². The van der Waals surface area contributed by atoms with Crippen molar-refractivity contribution in [1.82, 2.24) is 20.2 Å². The smallest absolute Gasteiger partial charge is 0.245 e. The number of methoxy groups -OCH3 is 1. The molecule has 2 aromatic rings. The van der Waals surface area contributed by atoms with Gasteiger partial charge in [0.05, 0.1) is 12.8 Å². The van der Waals surface area contributed by atoms with Crippen molar-refractivity contribution in [2.24, 2.45) is 0 Å². The van der Waals surface area contributed by atoms with Crippen molar-refractivity contribution in [3.63, 3.8) is 0 Å². The van der Waals surface area contributed by atoms with Gasteiger partial charge in [-0.25, -0.2) is 0 Å². The highest BCUT2D eigenvalue weighted by atomic mass is 16.5. The van der Waals surface area contributed by atoms with Gasteiger partial charge >= 0.3 is 0 Å². The quantitative estimate of drug-likeness (QED) is 0.775. The monoisotopic (exact) mass is 205 g/mol. The number of hydrogen-bond donors (Lipinski definition) is 1. The van der Waals surface area contributed by atoms with Crippen LogP contribution >= 0.6 is 0 Å². The van der Waals surface area contributed by atoms with E-state index in [2.05, 4.69) is 15.5 Å². The molecule has 1 heterocycles. The second-order valence-electron chi connectivity index (χ2n) is 3.10. The minimum atomic E-state index is 0.263. The van der Waals surface area contributed by atoms with Gasteiger partial charge in [0.15, 0.2) is 0 Å². The molecule has 0 fully saturated rings. The summed E-state index contributed by atoms with van der Waals surface area (Å²) in [6.45, 7) is 1.95. The van der Waals surface area contributed by atoms with Crippen LogP contribution in [0.1, 0.15) is 5.56 Å². The van der Waals surface area contributed by atoms with Gasteiger partial charge in [-0.1, -0.05) is 5.10 Å². The first kappa shape index (κ1) is 9.45. The fraction of sp³-hybridized carbons (Fsp3) is 0.222. The molecular weight excluding hydrogens is 194 g/mol. The Kier molecular flexibility index (Phi) is 2.24. The van der Waals surface area contributed by atoms with E-state index in [1.165, 1.54) is 4.68 Å². The molecule has 0 aliphatic carbocycles. The number of tetrazole rings is 1. The van der Waals surface area contributed by atoms with Crippen LogP contribution in [0.4, 0.5) is 5.95 Å². The van der Waals surface area contributed by atoms with E-state index >= 15 is 0 Å². The molecule has 0 aliphatic heterocycles. The highest BCUT2D eigenvalue weighted by Gasteiger charge is 2.06. The molecule has 6 nitrogen and oxygen atoms in total. The van der Waals surface area contributed by atoms with Gasteiger partial charge in [0.25, 0.3) is 0 Å². The summed E-state index contributed by atoms with van der Waals surface area (Å²) in [5.74, 6) is 1.09. The number of nitrogens with zero attached hydrogens (tertiary/aromatic N) is 4. The summed E-state index contributed by atoms with van der Waals surface area (Å²) < 4.78 is 6.62. The van der Waals surface area contributed by atoms with E-state index in [9.17, 15) is 0 Å². The fourth-order valence-corrected chi connectivity index (χ4v) is 1.37. The molecular formula is C9H11N5O. The van der Waals surface area contributed by atoms with Crippen LogP contribution in [-0.4, -0.2) is 27.3 Å². The molecule has 15 heavy (non-hydrogen) atoms. The summed E-state index contributed by atoms with van der Waals surface area (Å²) in [6, 6.07) is 5.61. The van der Waals surface area contributed by atoms with Crippen LogP contribution in [0.15, 0.2) is 18.2 Å². The summed E-state index contributed by atoms with van der Waals surface area (Å²) in [5, 5.41) is 10.9. The second-order valence-corrected chi connectivity index (χ2v) is 3.10. The lowest BCUT2D eigenvalue weighted by Gasteiger charge is -2.06. The van der Waals surface area contributed by atoms with E-state index in [1.807, 2.05) is 25.1 Å². The minimum Gasteiger partial charge on any atom is -0.496 e. The molecule has 2 rings (SSSR count). The molecule has 0 saturated carbocycles. The first-order valence-electron chi connectivity index (χ1n) is 4.41. The second kappa shape index (κ2) is 3.56. The molecule has 6 heteroatoms. The number of anilines is 1. The van der Waals surface area contributed by atoms with Crippen LogP contribution in [0.2, 0.25) is 0 Å². The zero-order valence-corrected chi connectivity index (χ0v) is 8.51. The van der Waals surface area contributed by atoms with Crippen molar-refractivity contribution in [2.45, 2.75) is 6.92 Å². The van der Waals surface area contributed by atoms with Gasteiger partial charge in [0, 0.05) is 0 Å². The molecule has 1 aromatic carbocycles. The lowest BCUT2D eigenvalue weighted by molar-refractivity contribution is 0.411. The minimum absolute atomic E-state index is 0.263. The van der Waals surface area contributed by atoms with Crippen molar-refractivity contribution in [3.8, 4) is 11.4 Å². The zero-order valence-electron chi connectivity index (χ0n) is 8.51. The molecule has 0 atom stereocenters. The highest BCUT2D eigenvalue weighted by molar-refractivity contribution is 5.45. The Balaban J connectivity index is 2.47. The fourth-order valence-electron chi connectivity index (χ4n) is 1.37. The van der Waals surface area contributed by atoms with E-state index in [-0.39, 0.29) is 5.95 Å². The predicted molar refractivity (Wildman–Crippen MR) is 54.9 cm³/mol.